The van der Waals surface area contributed by atoms with Crippen LogP contribution in [0.4, 0.5) is 0 Å². The molecular formula is C87H94Ir3N12O8+2. The number of aryl methyl sites for hydroxylation is 5. The molecule has 10 heterocycles. The van der Waals surface area contributed by atoms with Crippen LogP contribution in [0.5, 0.6) is 0 Å². The molecule has 20 nitrogen and oxygen atoms in total. The van der Waals surface area contributed by atoms with Crippen LogP contribution < -0.4 is 9.13 Å². The van der Waals surface area contributed by atoms with Crippen molar-refractivity contribution in [2.75, 3.05) is 0 Å². The number of ether oxygens (including phenoxy) is 2. The first kappa shape index (κ1) is 91.3. The Morgan fingerprint density at radius 2 is 0.818 bits per heavy atom. The van der Waals surface area contributed by atoms with Gasteiger partial charge in [0.2, 0.25) is 5.52 Å². The molecule has 6 N–H and O–H groups in total. The van der Waals surface area contributed by atoms with Gasteiger partial charge in [-0.1, -0.05) is 33.4 Å². The van der Waals surface area contributed by atoms with Crippen LogP contribution in [0, 0.1) is 86.9 Å². The van der Waals surface area contributed by atoms with Crippen LogP contribution in [0.25, 0.3) is 89.2 Å². The Morgan fingerprint density at radius 1 is 0.409 bits per heavy atom. The molecule has 1 fully saturated rings. The SMILES string of the molecule is CC(O)CC(C)O.CC(O)CC(C)O.CC(O)CC(C)O.Cc1cc(C)nc(-c2ccc3cc(C#N)ccc3n2)c1.Cc1ccc2[n+](c1C)C1(OC(C)CC(C)O1)[n+]1c-2ccc2cc(C#N)ccc21.Cc1cccnc1-c1ccc2cc(C#N)ccc2n1.Cc1ccnc(-c2ccc3cc(C#N)ccc3n2)c1.[Ir].[Ir].[Ir]. The summed E-state index contributed by atoms with van der Waals surface area (Å²) in [5.74, 6) is 0. The first-order chi connectivity index (χ1) is 51.0. The Morgan fingerprint density at radius 3 is 1.25 bits per heavy atom. The predicted molar refractivity (Wildman–Crippen MR) is 415 cm³/mol. The van der Waals surface area contributed by atoms with Gasteiger partial charge in [0.15, 0.2) is 5.69 Å². The number of aliphatic hydroxyl groups excluding tert-OH is 6. The first-order valence-corrected chi connectivity index (χ1v) is 35.6. The standard InChI is InChI=1S/C23H23N3O2.C17H13N3.2C16H11N3.3C5H12O2.3Ir/c1-14-5-8-21-22-10-7-19-12-18(13-24)6-9-20(19)26(22)23(25(21)17(14)4)27-15(2)11-16(3)28-23;1-11-7-12(2)19-17(8-11)16-6-4-14-9-13(10-18)3-5-15(14)20-16;1-11-6-7-18-16(8-11)15-5-3-13-9-12(10-17)2-4-14(13)19-15;1-11-3-2-8-18-16(11)15-7-5-13-9-12(10-17)4-6-14(13)19-15;3*1-4(6)3-5(2)7;;;/h5-10,12,15-16H,11H2,1-4H3;3-9H,1-2H3;2*2-9H,1H3;3*4-7H,3H2,1-2H3;;;/q+2;;;;;;;;;. The van der Waals surface area contributed by atoms with Gasteiger partial charge in [0.25, 0.3) is 11.4 Å². The minimum absolute atomic E-state index is 0. The van der Waals surface area contributed by atoms with Crippen molar-refractivity contribution in [2.45, 2.75) is 177 Å². The molecule has 12 aromatic rings. The fourth-order valence-electron chi connectivity index (χ4n) is 12.5. The van der Waals surface area contributed by atoms with Gasteiger partial charge in [0.05, 0.1) is 146 Å². The maximum absolute atomic E-state index is 9.30. The van der Waals surface area contributed by atoms with Crippen molar-refractivity contribution in [1.29, 1.82) is 21.0 Å². The zero-order chi connectivity index (χ0) is 77.8. The molecular weight excluding hydrogens is 1920 g/mol. The molecule has 3 radical (unpaired) electrons. The summed E-state index contributed by atoms with van der Waals surface area (Å²) in [5, 5.41) is 91.2. The van der Waals surface area contributed by atoms with Gasteiger partial charge in [0.1, 0.15) is 0 Å². The molecule has 0 saturated carbocycles. The first-order valence-electron chi connectivity index (χ1n) is 35.6. The maximum atomic E-state index is 9.30. The minimum Gasteiger partial charge on any atom is -0.393 e. The van der Waals surface area contributed by atoms with Crippen molar-refractivity contribution in [1.82, 2.24) is 29.9 Å². The van der Waals surface area contributed by atoms with E-state index in [1.807, 2.05) is 148 Å². The van der Waals surface area contributed by atoms with Crippen LogP contribution in [0.15, 0.2) is 182 Å². The average Bonchev–Trinajstić information content (AvgIpc) is 1.53. The summed E-state index contributed by atoms with van der Waals surface area (Å²) in [6, 6.07) is 62.0. The van der Waals surface area contributed by atoms with Crippen LogP contribution in [0.1, 0.15) is 137 Å². The molecule has 2 aliphatic heterocycles. The molecule has 14 rings (SSSR count). The molecule has 1 saturated heterocycles. The Bertz CT molecular complexity index is 5200. The summed E-state index contributed by atoms with van der Waals surface area (Å²) in [6.07, 6.45) is 3.68. The van der Waals surface area contributed by atoms with Crippen molar-refractivity contribution in [3.05, 3.63) is 238 Å². The fourth-order valence-corrected chi connectivity index (χ4v) is 12.5. The van der Waals surface area contributed by atoms with E-state index >= 15 is 0 Å². The number of fused-ring (bicyclic) bond motifs is 10. The molecule has 8 unspecified atom stereocenters. The predicted octanol–water partition coefficient (Wildman–Crippen LogP) is 14.4. The van der Waals surface area contributed by atoms with Gasteiger partial charge >= 0.3 is 6.03 Å². The maximum Gasteiger partial charge on any atom is 0.623 e. The van der Waals surface area contributed by atoms with Gasteiger partial charge in [-0.25, -0.2) is 24.4 Å². The van der Waals surface area contributed by atoms with Gasteiger partial charge in [-0.3, -0.25) is 15.0 Å². The smallest absolute Gasteiger partial charge is 0.393 e. The molecule has 23 heteroatoms. The molecule has 4 aromatic carbocycles. The zero-order valence-electron chi connectivity index (χ0n) is 64.1. The van der Waals surface area contributed by atoms with E-state index in [9.17, 15) is 5.26 Å². The van der Waals surface area contributed by atoms with E-state index in [2.05, 4.69) is 122 Å². The molecule has 575 valence electrons. The van der Waals surface area contributed by atoms with Crippen LogP contribution in [0.3, 0.4) is 0 Å². The quantitative estimate of drug-likeness (QED) is 0.0731. The monoisotopic (exact) mass is 2010 g/mol. The minimum atomic E-state index is -1.06. The number of rotatable bonds is 9. The summed E-state index contributed by atoms with van der Waals surface area (Å²) in [5.41, 5.74) is 20.2. The second-order valence-electron chi connectivity index (χ2n) is 27.4. The molecule has 2 aliphatic rings. The summed E-state index contributed by atoms with van der Waals surface area (Å²) in [7, 11) is 0. The Hall–Kier alpha value is -9.29. The van der Waals surface area contributed by atoms with Crippen molar-refractivity contribution in [3.8, 4) is 69.8 Å². The number of benzene rings is 4. The van der Waals surface area contributed by atoms with Gasteiger partial charge in [0, 0.05) is 137 Å². The number of hydrogen-bond donors (Lipinski definition) is 6. The third-order valence-electron chi connectivity index (χ3n) is 17.2. The van der Waals surface area contributed by atoms with E-state index in [0.717, 1.165) is 118 Å². The zero-order valence-corrected chi connectivity index (χ0v) is 71.3. The van der Waals surface area contributed by atoms with E-state index in [1.165, 1.54) is 11.1 Å². The number of nitriles is 4. The van der Waals surface area contributed by atoms with Crippen molar-refractivity contribution < 1.29 is 110 Å². The molecule has 8 atom stereocenters. The van der Waals surface area contributed by atoms with Crippen LogP contribution in [-0.4, -0.2) is 109 Å². The van der Waals surface area contributed by atoms with Gasteiger partial charge in [-0.2, -0.15) is 21.0 Å². The summed E-state index contributed by atoms with van der Waals surface area (Å²) >= 11 is 0. The van der Waals surface area contributed by atoms with E-state index < -0.39 is 6.03 Å². The summed E-state index contributed by atoms with van der Waals surface area (Å²) in [4.78, 5) is 27.1. The molecule has 1 spiro atoms. The van der Waals surface area contributed by atoms with E-state index in [1.54, 1.807) is 72.1 Å². The van der Waals surface area contributed by atoms with Gasteiger partial charge < -0.3 is 30.6 Å². The largest absolute Gasteiger partial charge is 0.623 e. The number of pyridine rings is 8. The van der Waals surface area contributed by atoms with Crippen LogP contribution in [-0.2, 0) is 75.8 Å². The van der Waals surface area contributed by atoms with E-state index in [0.29, 0.717) is 41.5 Å². The van der Waals surface area contributed by atoms with Crippen molar-refractivity contribution in [2.24, 2.45) is 0 Å². The van der Waals surface area contributed by atoms with Crippen molar-refractivity contribution in [3.63, 3.8) is 0 Å². The third kappa shape index (κ3) is 24.9. The second kappa shape index (κ2) is 42.8. The van der Waals surface area contributed by atoms with E-state index in [-0.39, 0.29) is 109 Å². The van der Waals surface area contributed by atoms with Gasteiger partial charge in [-0.15, -0.1) is 0 Å². The summed E-state index contributed by atoms with van der Waals surface area (Å²) in [6.45, 7) is 26.5. The van der Waals surface area contributed by atoms with Crippen molar-refractivity contribution >= 4 is 43.6 Å². The van der Waals surface area contributed by atoms with Crippen LogP contribution >= 0.6 is 0 Å². The molecule has 0 bridgehead atoms. The topological polar surface area (TPSA) is 320 Å². The van der Waals surface area contributed by atoms with E-state index in [4.69, 9.17) is 55.9 Å². The normalized spacial score (nSPS) is 15.6. The molecule has 0 amide bonds. The summed E-state index contributed by atoms with van der Waals surface area (Å²) < 4.78 is 17.5. The fraction of sp³-hybridized carbons (Fsp3) is 0.310. The Kier molecular flexibility index (Phi) is 35.5. The molecule has 0 aliphatic carbocycles. The number of nitrogens with zero attached hydrogens (tertiary/aromatic N) is 12. The second-order valence-corrected chi connectivity index (χ2v) is 27.4. The number of hydrogen-bond acceptors (Lipinski definition) is 18. The average molecular weight is 2010 g/mol. The third-order valence-corrected chi connectivity index (χ3v) is 17.2. The Labute approximate surface area is 684 Å². The van der Waals surface area contributed by atoms with Gasteiger partial charge in [-0.05, 0) is 253 Å². The van der Waals surface area contributed by atoms with Crippen LogP contribution in [0.2, 0.25) is 0 Å². The molecule has 8 aromatic heterocycles. The Balaban J connectivity index is 0.000000241. The number of aromatic nitrogens is 8. The number of aliphatic hydroxyl groups is 6. The molecule has 110 heavy (non-hydrogen) atoms.